The van der Waals surface area contributed by atoms with Crippen LogP contribution in [0.2, 0.25) is 0 Å². The first-order valence-electron chi connectivity index (χ1n) is 3.88. The highest BCUT2D eigenvalue weighted by Gasteiger charge is 2.04. The molecule has 0 aliphatic rings. The Balaban J connectivity index is 0.000000980. The van der Waals surface area contributed by atoms with Crippen LogP contribution in [0.4, 0.5) is 5.69 Å². The molecule has 0 unspecified atom stereocenters. The molecule has 4 heteroatoms. The van der Waals surface area contributed by atoms with Crippen LogP contribution in [-0.2, 0) is 0 Å². The average molecular weight is 256 g/mol. The average Bonchev–Trinajstić information content (AvgIpc) is 2.12. The molecule has 0 atom stereocenters. The highest BCUT2D eigenvalue weighted by Crippen LogP contribution is 2.33. The van der Waals surface area contributed by atoms with E-state index < -0.39 is 0 Å². The van der Waals surface area contributed by atoms with E-state index in [1.54, 1.807) is 24.3 Å². The van der Waals surface area contributed by atoms with Crippen molar-refractivity contribution in [3.8, 4) is 11.5 Å². The number of nitrogens with two attached hydrogens (primary N) is 1. The second-order valence-corrected chi connectivity index (χ2v) is 2.91. The minimum absolute atomic E-state index is 0. The molecule has 0 aliphatic carbocycles. The van der Waals surface area contributed by atoms with Crippen molar-refractivity contribution in [2.45, 2.75) is 0 Å². The first-order chi connectivity index (χ1) is 6.18. The standard InChI is InChI=1S/C10H9NO2.BrH/c11-7-2-3-8-6(5-7)1-4-9(12)10(8)13;/h1-5,12-13H,11H2;1H. The number of benzene rings is 2. The largest absolute Gasteiger partial charge is 0.504 e. The molecule has 4 N–H and O–H groups in total. The summed E-state index contributed by atoms with van der Waals surface area (Å²) in [6.45, 7) is 0. The van der Waals surface area contributed by atoms with E-state index in [-0.39, 0.29) is 28.5 Å². The van der Waals surface area contributed by atoms with E-state index in [1.807, 2.05) is 0 Å². The van der Waals surface area contributed by atoms with E-state index in [9.17, 15) is 10.2 Å². The maximum atomic E-state index is 9.46. The summed E-state index contributed by atoms with van der Waals surface area (Å²) < 4.78 is 0. The Labute approximate surface area is 91.6 Å². The maximum absolute atomic E-state index is 9.46. The van der Waals surface area contributed by atoms with Crippen LogP contribution in [0.1, 0.15) is 0 Å². The van der Waals surface area contributed by atoms with Gasteiger partial charge in [0, 0.05) is 11.1 Å². The number of fused-ring (bicyclic) bond motifs is 1. The summed E-state index contributed by atoms with van der Waals surface area (Å²) in [5.41, 5.74) is 6.20. The fourth-order valence-electron chi connectivity index (χ4n) is 1.32. The molecule has 0 saturated carbocycles. The highest BCUT2D eigenvalue weighted by molar-refractivity contribution is 8.93. The number of halogens is 1. The quantitative estimate of drug-likeness (QED) is 0.501. The van der Waals surface area contributed by atoms with Crippen LogP contribution in [0.3, 0.4) is 0 Å². The second kappa shape index (κ2) is 3.75. The molecule has 3 nitrogen and oxygen atoms in total. The smallest absolute Gasteiger partial charge is 0.165 e. The molecule has 14 heavy (non-hydrogen) atoms. The lowest BCUT2D eigenvalue weighted by atomic mass is 10.1. The third kappa shape index (κ3) is 1.61. The van der Waals surface area contributed by atoms with Gasteiger partial charge in [0.1, 0.15) is 0 Å². The monoisotopic (exact) mass is 255 g/mol. The molecule has 0 aliphatic heterocycles. The lowest BCUT2D eigenvalue weighted by molar-refractivity contribution is 0.408. The van der Waals surface area contributed by atoms with Gasteiger partial charge in [0.05, 0.1) is 0 Å². The van der Waals surface area contributed by atoms with E-state index >= 15 is 0 Å². The molecule has 2 rings (SSSR count). The fraction of sp³-hybridized carbons (Fsp3) is 0. The van der Waals surface area contributed by atoms with Gasteiger partial charge in [-0.15, -0.1) is 17.0 Å². The van der Waals surface area contributed by atoms with E-state index in [2.05, 4.69) is 0 Å². The third-order valence-electron chi connectivity index (χ3n) is 1.99. The van der Waals surface area contributed by atoms with Crippen LogP contribution in [0.15, 0.2) is 30.3 Å². The van der Waals surface area contributed by atoms with Gasteiger partial charge in [0.25, 0.3) is 0 Å². The summed E-state index contributed by atoms with van der Waals surface area (Å²) in [5.74, 6) is -0.213. The van der Waals surface area contributed by atoms with Gasteiger partial charge >= 0.3 is 0 Å². The molecule has 2 aromatic rings. The van der Waals surface area contributed by atoms with Crippen molar-refractivity contribution in [3.05, 3.63) is 30.3 Å². The van der Waals surface area contributed by atoms with Crippen molar-refractivity contribution in [1.29, 1.82) is 0 Å². The molecule has 0 fully saturated rings. The topological polar surface area (TPSA) is 66.5 Å². The first-order valence-corrected chi connectivity index (χ1v) is 3.88. The van der Waals surface area contributed by atoms with Gasteiger partial charge in [0.2, 0.25) is 0 Å². The molecule has 0 radical (unpaired) electrons. The molecular formula is C10H10BrNO2. The lowest BCUT2D eigenvalue weighted by Gasteiger charge is -2.03. The summed E-state index contributed by atoms with van der Waals surface area (Å²) in [7, 11) is 0. The van der Waals surface area contributed by atoms with Gasteiger partial charge in [-0.1, -0.05) is 6.07 Å². The summed E-state index contributed by atoms with van der Waals surface area (Å²) >= 11 is 0. The number of aromatic hydroxyl groups is 2. The van der Waals surface area contributed by atoms with Gasteiger partial charge in [-0.25, -0.2) is 0 Å². The zero-order valence-corrected chi connectivity index (χ0v) is 8.98. The zero-order chi connectivity index (χ0) is 9.42. The molecule has 74 valence electrons. The predicted octanol–water partition coefficient (Wildman–Crippen LogP) is 2.41. The van der Waals surface area contributed by atoms with Crippen LogP contribution < -0.4 is 5.73 Å². The third-order valence-corrected chi connectivity index (χ3v) is 1.99. The number of phenols is 2. The molecule has 0 bridgehead atoms. The first kappa shape index (κ1) is 10.7. The van der Waals surface area contributed by atoms with E-state index in [0.29, 0.717) is 11.1 Å². The van der Waals surface area contributed by atoms with E-state index in [0.717, 1.165) is 5.39 Å². The Bertz CT molecular complexity index is 471. The second-order valence-electron chi connectivity index (χ2n) is 2.91. The van der Waals surface area contributed by atoms with Gasteiger partial charge in [-0.3, -0.25) is 0 Å². The molecule has 0 heterocycles. The number of hydrogen-bond donors (Lipinski definition) is 3. The highest BCUT2D eigenvalue weighted by atomic mass is 79.9. The Morgan fingerprint density at radius 1 is 1.00 bits per heavy atom. The molecule has 0 amide bonds. The summed E-state index contributed by atoms with van der Waals surface area (Å²) in [6.07, 6.45) is 0. The van der Waals surface area contributed by atoms with Crippen molar-refractivity contribution < 1.29 is 10.2 Å². The van der Waals surface area contributed by atoms with Crippen LogP contribution in [-0.4, -0.2) is 10.2 Å². The van der Waals surface area contributed by atoms with Crippen molar-refractivity contribution in [2.24, 2.45) is 0 Å². The number of nitrogen functional groups attached to an aromatic ring is 1. The predicted molar refractivity (Wildman–Crippen MR) is 62.0 cm³/mol. The fourth-order valence-corrected chi connectivity index (χ4v) is 1.32. The van der Waals surface area contributed by atoms with Gasteiger partial charge in [0.15, 0.2) is 11.5 Å². The van der Waals surface area contributed by atoms with Crippen molar-refractivity contribution in [3.63, 3.8) is 0 Å². The Morgan fingerprint density at radius 2 is 1.71 bits per heavy atom. The van der Waals surface area contributed by atoms with Crippen molar-refractivity contribution in [2.75, 3.05) is 5.73 Å². The van der Waals surface area contributed by atoms with Crippen molar-refractivity contribution >= 4 is 33.4 Å². The zero-order valence-electron chi connectivity index (χ0n) is 7.27. The molecule has 0 saturated heterocycles. The number of rotatable bonds is 0. The summed E-state index contributed by atoms with van der Waals surface area (Å²) in [4.78, 5) is 0. The molecular weight excluding hydrogens is 246 g/mol. The molecule has 0 aromatic heterocycles. The van der Waals surface area contributed by atoms with Crippen LogP contribution in [0, 0.1) is 0 Å². The number of anilines is 1. The minimum Gasteiger partial charge on any atom is -0.504 e. The number of phenolic OH excluding ortho intramolecular Hbond substituents is 2. The number of hydrogen-bond acceptors (Lipinski definition) is 3. The normalized spacial score (nSPS) is 9.71. The Hall–Kier alpha value is -1.42. The van der Waals surface area contributed by atoms with Gasteiger partial charge in [-0.2, -0.15) is 0 Å². The summed E-state index contributed by atoms with van der Waals surface area (Å²) in [6, 6.07) is 8.26. The van der Waals surface area contributed by atoms with Crippen LogP contribution in [0.25, 0.3) is 10.8 Å². The lowest BCUT2D eigenvalue weighted by Crippen LogP contribution is -1.83. The summed E-state index contributed by atoms with van der Waals surface area (Å²) in [5, 5.41) is 20.1. The molecule has 0 spiro atoms. The van der Waals surface area contributed by atoms with E-state index in [1.165, 1.54) is 6.07 Å². The molecule has 2 aromatic carbocycles. The van der Waals surface area contributed by atoms with E-state index in [4.69, 9.17) is 5.73 Å². The minimum atomic E-state index is -0.114. The van der Waals surface area contributed by atoms with Crippen molar-refractivity contribution in [1.82, 2.24) is 0 Å². The van der Waals surface area contributed by atoms with Crippen LogP contribution in [0.5, 0.6) is 11.5 Å². The Kier molecular flexibility index (Phi) is 2.86. The SMILES string of the molecule is Br.Nc1ccc2c(O)c(O)ccc2c1. The van der Waals surface area contributed by atoms with Crippen LogP contribution >= 0.6 is 17.0 Å². The van der Waals surface area contributed by atoms with Gasteiger partial charge < -0.3 is 15.9 Å². The Morgan fingerprint density at radius 3 is 2.43 bits per heavy atom. The van der Waals surface area contributed by atoms with Gasteiger partial charge in [-0.05, 0) is 29.7 Å². The maximum Gasteiger partial charge on any atom is 0.165 e.